The van der Waals surface area contributed by atoms with Gasteiger partial charge in [-0.1, -0.05) is 25.7 Å². The van der Waals surface area contributed by atoms with E-state index in [-0.39, 0.29) is 17.2 Å². The molecule has 160 valence electrons. The van der Waals surface area contributed by atoms with E-state index in [4.69, 9.17) is 4.99 Å². The van der Waals surface area contributed by atoms with E-state index >= 15 is 0 Å². The first kappa shape index (κ1) is 22.5. The number of guanidine groups is 1. The molecule has 2 rings (SSSR count). The van der Waals surface area contributed by atoms with Gasteiger partial charge < -0.3 is 20.9 Å². The molecule has 0 spiro atoms. The Balaban J connectivity index is 1.79. The molecule has 0 radical (unpaired) electrons. The number of carbonyl (C=O) groups excluding carboxylic acids is 2. The second kappa shape index (κ2) is 11.3. The molecule has 28 heavy (non-hydrogen) atoms. The second-order valence-corrected chi connectivity index (χ2v) is 8.51. The third-order valence-electron chi connectivity index (χ3n) is 5.99. The average molecular weight is 394 g/mol. The summed E-state index contributed by atoms with van der Waals surface area (Å²) < 4.78 is 0. The lowest BCUT2D eigenvalue weighted by Gasteiger charge is -2.29. The molecule has 0 aromatic carbocycles. The van der Waals surface area contributed by atoms with Gasteiger partial charge in [-0.3, -0.25) is 14.6 Å². The Kier molecular flexibility index (Phi) is 9.06. The van der Waals surface area contributed by atoms with E-state index in [1.165, 1.54) is 25.7 Å². The van der Waals surface area contributed by atoms with Crippen LogP contribution in [0.3, 0.4) is 0 Å². The van der Waals surface area contributed by atoms with Gasteiger partial charge in [0.15, 0.2) is 5.96 Å². The summed E-state index contributed by atoms with van der Waals surface area (Å²) in [5.74, 6) is 1.62. The monoisotopic (exact) mass is 393 g/mol. The van der Waals surface area contributed by atoms with Crippen LogP contribution in [-0.2, 0) is 9.59 Å². The number of rotatable bonds is 9. The fourth-order valence-electron chi connectivity index (χ4n) is 4.47. The first-order valence-electron chi connectivity index (χ1n) is 11.0. The zero-order valence-corrected chi connectivity index (χ0v) is 18.0. The van der Waals surface area contributed by atoms with Gasteiger partial charge in [0.1, 0.15) is 0 Å². The normalized spacial score (nSPS) is 19.5. The van der Waals surface area contributed by atoms with Crippen molar-refractivity contribution < 1.29 is 9.59 Å². The van der Waals surface area contributed by atoms with Crippen molar-refractivity contribution in [2.75, 3.05) is 40.3 Å². The first-order valence-corrected chi connectivity index (χ1v) is 11.0. The van der Waals surface area contributed by atoms with Crippen LogP contribution in [0.5, 0.6) is 0 Å². The second-order valence-electron chi connectivity index (χ2n) is 8.51. The molecule has 2 fully saturated rings. The molecule has 7 nitrogen and oxygen atoms in total. The lowest BCUT2D eigenvalue weighted by molar-refractivity contribution is -0.138. The van der Waals surface area contributed by atoms with Crippen LogP contribution in [0.2, 0.25) is 0 Å². The first-order chi connectivity index (χ1) is 13.5. The number of aliphatic imine (C=N–C) groups is 1. The third-order valence-corrected chi connectivity index (χ3v) is 5.99. The minimum absolute atomic E-state index is 0.150. The lowest BCUT2D eigenvalue weighted by Crippen LogP contribution is -2.44. The van der Waals surface area contributed by atoms with Gasteiger partial charge in [0.05, 0.1) is 12.0 Å². The van der Waals surface area contributed by atoms with Crippen molar-refractivity contribution in [1.82, 2.24) is 20.9 Å². The van der Waals surface area contributed by atoms with Gasteiger partial charge in [0, 0.05) is 40.2 Å². The topological polar surface area (TPSA) is 85.8 Å². The fraction of sp³-hybridized carbons (Fsp3) is 0.857. The molecule has 2 amide bonds. The van der Waals surface area contributed by atoms with Crippen LogP contribution in [0.25, 0.3) is 0 Å². The molecule has 2 saturated carbocycles. The highest BCUT2D eigenvalue weighted by Gasteiger charge is 2.42. The van der Waals surface area contributed by atoms with Gasteiger partial charge in [0.2, 0.25) is 11.8 Å². The van der Waals surface area contributed by atoms with Gasteiger partial charge in [-0.05, 0) is 38.5 Å². The Morgan fingerprint density at radius 3 is 2.25 bits per heavy atom. The molecular weight excluding hydrogens is 354 g/mol. The van der Waals surface area contributed by atoms with Crippen LogP contribution >= 0.6 is 0 Å². The standard InChI is InChI=1S/C21H39N5O2/c1-4-22-20(24-14-13-23-18(27)15-17-9-5-6-10-17)25-16-21(11-7-8-12-21)19(28)26(2)3/h17H,4-16H2,1-3H3,(H,23,27)(H2,22,24,25). The number of amides is 2. The Morgan fingerprint density at radius 2 is 1.64 bits per heavy atom. The SMILES string of the molecule is CCNC(=NCC1(C(=O)N(C)C)CCCC1)NCCNC(=O)CC1CCCC1. The maximum atomic E-state index is 12.7. The van der Waals surface area contributed by atoms with Crippen molar-refractivity contribution in [3.63, 3.8) is 0 Å². The highest BCUT2D eigenvalue weighted by Crippen LogP contribution is 2.39. The number of hydrogen-bond acceptors (Lipinski definition) is 3. The molecule has 0 aliphatic heterocycles. The summed E-state index contributed by atoms with van der Waals surface area (Å²) in [5, 5.41) is 9.52. The number of nitrogens with zero attached hydrogens (tertiary/aromatic N) is 2. The molecule has 0 aromatic heterocycles. The predicted octanol–water partition coefficient (Wildman–Crippen LogP) is 1.89. The number of nitrogens with one attached hydrogen (secondary N) is 3. The van der Waals surface area contributed by atoms with E-state index in [1.807, 2.05) is 21.0 Å². The summed E-state index contributed by atoms with van der Waals surface area (Å²) in [7, 11) is 3.65. The van der Waals surface area contributed by atoms with E-state index in [0.717, 1.165) is 32.2 Å². The van der Waals surface area contributed by atoms with E-state index in [1.54, 1.807) is 4.90 Å². The van der Waals surface area contributed by atoms with Crippen LogP contribution in [0.1, 0.15) is 64.7 Å². The highest BCUT2D eigenvalue weighted by atomic mass is 16.2. The third kappa shape index (κ3) is 6.67. The minimum atomic E-state index is -0.360. The largest absolute Gasteiger partial charge is 0.357 e. The van der Waals surface area contributed by atoms with Crippen molar-refractivity contribution >= 4 is 17.8 Å². The predicted molar refractivity (Wildman–Crippen MR) is 113 cm³/mol. The molecule has 0 bridgehead atoms. The van der Waals surface area contributed by atoms with Crippen LogP contribution < -0.4 is 16.0 Å². The minimum Gasteiger partial charge on any atom is -0.357 e. The molecule has 0 aromatic rings. The van der Waals surface area contributed by atoms with Crippen LogP contribution in [-0.4, -0.2) is 62.9 Å². The Hall–Kier alpha value is -1.79. The zero-order valence-electron chi connectivity index (χ0n) is 18.0. The van der Waals surface area contributed by atoms with E-state index in [2.05, 4.69) is 16.0 Å². The lowest BCUT2D eigenvalue weighted by atomic mass is 9.85. The molecule has 0 atom stereocenters. The molecular formula is C21H39N5O2. The van der Waals surface area contributed by atoms with Crippen molar-refractivity contribution in [1.29, 1.82) is 0 Å². The summed E-state index contributed by atoms with van der Waals surface area (Å²) in [4.78, 5) is 31.1. The van der Waals surface area contributed by atoms with E-state index in [9.17, 15) is 9.59 Å². The van der Waals surface area contributed by atoms with Crippen LogP contribution in [0.4, 0.5) is 0 Å². The molecule has 0 heterocycles. The average Bonchev–Trinajstić information content (AvgIpc) is 3.35. The smallest absolute Gasteiger partial charge is 0.230 e. The molecule has 2 aliphatic rings. The maximum Gasteiger partial charge on any atom is 0.230 e. The Labute approximate surface area is 170 Å². The molecule has 0 unspecified atom stereocenters. The zero-order chi connectivity index (χ0) is 20.4. The quantitative estimate of drug-likeness (QED) is 0.317. The van der Waals surface area contributed by atoms with Gasteiger partial charge >= 0.3 is 0 Å². The maximum absolute atomic E-state index is 12.7. The summed E-state index contributed by atoms with van der Waals surface area (Å²) in [6.45, 7) is 4.49. The van der Waals surface area contributed by atoms with Gasteiger partial charge in [-0.15, -0.1) is 0 Å². The van der Waals surface area contributed by atoms with Gasteiger partial charge in [-0.25, -0.2) is 0 Å². The van der Waals surface area contributed by atoms with Crippen LogP contribution in [0.15, 0.2) is 4.99 Å². The Morgan fingerprint density at radius 1 is 1.00 bits per heavy atom. The van der Waals surface area contributed by atoms with Crippen molar-refractivity contribution in [3.8, 4) is 0 Å². The van der Waals surface area contributed by atoms with Crippen LogP contribution in [0, 0.1) is 11.3 Å². The molecule has 3 N–H and O–H groups in total. The highest BCUT2D eigenvalue weighted by molar-refractivity contribution is 5.84. The molecule has 2 aliphatic carbocycles. The summed E-state index contributed by atoms with van der Waals surface area (Å²) in [6.07, 6.45) is 9.56. The fourth-order valence-corrected chi connectivity index (χ4v) is 4.47. The Bertz CT molecular complexity index is 535. The van der Waals surface area contributed by atoms with E-state index in [0.29, 0.717) is 37.9 Å². The number of hydrogen-bond donors (Lipinski definition) is 3. The summed E-state index contributed by atoms with van der Waals surface area (Å²) in [6, 6.07) is 0. The van der Waals surface area contributed by atoms with Gasteiger partial charge in [0.25, 0.3) is 0 Å². The molecule has 7 heteroatoms. The van der Waals surface area contributed by atoms with E-state index < -0.39 is 0 Å². The van der Waals surface area contributed by atoms with Gasteiger partial charge in [-0.2, -0.15) is 0 Å². The number of carbonyl (C=O) groups is 2. The van der Waals surface area contributed by atoms with Crippen molar-refractivity contribution in [3.05, 3.63) is 0 Å². The van der Waals surface area contributed by atoms with Crippen molar-refractivity contribution in [2.45, 2.75) is 64.7 Å². The van der Waals surface area contributed by atoms with Crippen molar-refractivity contribution in [2.24, 2.45) is 16.3 Å². The summed E-state index contributed by atoms with van der Waals surface area (Å²) >= 11 is 0. The molecule has 0 saturated heterocycles. The summed E-state index contributed by atoms with van der Waals surface area (Å²) in [5.41, 5.74) is -0.360.